The number of rotatable bonds is 1. The lowest BCUT2D eigenvalue weighted by Crippen LogP contribution is -2.15. The number of amidine groups is 1. The molecule has 4 nitrogen and oxygen atoms in total. The van der Waals surface area contributed by atoms with Crippen molar-refractivity contribution in [2.24, 2.45) is 16.7 Å². The van der Waals surface area contributed by atoms with E-state index < -0.39 is 0 Å². The Labute approximate surface area is 64.7 Å². The van der Waals surface area contributed by atoms with Gasteiger partial charge in [0.15, 0.2) is 0 Å². The fourth-order valence-electron chi connectivity index (χ4n) is 0.773. The summed E-state index contributed by atoms with van der Waals surface area (Å²) in [4.78, 5) is 0. The van der Waals surface area contributed by atoms with Crippen LogP contribution < -0.4 is 17.3 Å². The molecule has 6 N–H and O–H groups in total. The Kier molecular flexibility index (Phi) is 1.96. The molecule has 0 spiro atoms. The van der Waals surface area contributed by atoms with Gasteiger partial charge in [-0.05, 0) is 12.1 Å². The zero-order valence-corrected chi connectivity index (χ0v) is 5.99. The van der Waals surface area contributed by atoms with Crippen LogP contribution in [-0.2, 0) is 0 Å². The SMILES string of the molecule is N/N=C(\N)c1cccc(N)c1. The normalized spacial score (nSPS) is 11.5. The van der Waals surface area contributed by atoms with Gasteiger partial charge < -0.3 is 17.3 Å². The van der Waals surface area contributed by atoms with Gasteiger partial charge in [0.2, 0.25) is 0 Å². The molecule has 0 heterocycles. The zero-order chi connectivity index (χ0) is 8.27. The number of nitrogen functional groups attached to an aromatic ring is 1. The number of anilines is 1. The summed E-state index contributed by atoms with van der Waals surface area (Å²) in [7, 11) is 0. The van der Waals surface area contributed by atoms with Gasteiger partial charge in [0.05, 0.1) is 0 Å². The Bertz CT molecular complexity index is 280. The molecule has 0 atom stereocenters. The molecule has 0 amide bonds. The Balaban J connectivity index is 3.06. The maximum atomic E-state index is 5.50. The minimum absolute atomic E-state index is 0.289. The predicted molar refractivity (Wildman–Crippen MR) is 45.8 cm³/mol. The van der Waals surface area contributed by atoms with Gasteiger partial charge in [-0.15, -0.1) is 0 Å². The van der Waals surface area contributed by atoms with Crippen molar-refractivity contribution in [3.05, 3.63) is 29.8 Å². The molecule has 0 aromatic heterocycles. The van der Waals surface area contributed by atoms with Crippen LogP contribution in [0.1, 0.15) is 5.56 Å². The predicted octanol–water partition coefficient (Wildman–Crippen LogP) is -0.152. The number of hydrazone groups is 1. The average molecular weight is 150 g/mol. The van der Waals surface area contributed by atoms with Crippen molar-refractivity contribution in [2.45, 2.75) is 0 Å². The molecule has 0 saturated carbocycles. The van der Waals surface area contributed by atoms with Crippen molar-refractivity contribution < 1.29 is 0 Å². The van der Waals surface area contributed by atoms with E-state index in [1.54, 1.807) is 24.3 Å². The van der Waals surface area contributed by atoms with Gasteiger partial charge in [-0.2, -0.15) is 5.10 Å². The third kappa shape index (κ3) is 1.61. The summed E-state index contributed by atoms with van der Waals surface area (Å²) in [6.07, 6.45) is 0. The summed E-state index contributed by atoms with van der Waals surface area (Å²) in [6.45, 7) is 0. The number of nitrogens with zero attached hydrogens (tertiary/aromatic N) is 1. The fourth-order valence-corrected chi connectivity index (χ4v) is 0.773. The average Bonchev–Trinajstić information content (AvgIpc) is 2.03. The molecule has 0 aliphatic rings. The highest BCUT2D eigenvalue weighted by atomic mass is 15.1. The Hall–Kier alpha value is -1.71. The minimum atomic E-state index is 0.289. The van der Waals surface area contributed by atoms with E-state index in [1.165, 1.54) is 0 Å². The van der Waals surface area contributed by atoms with Gasteiger partial charge in [0.25, 0.3) is 0 Å². The quantitative estimate of drug-likeness (QED) is 0.171. The number of nitrogens with two attached hydrogens (primary N) is 3. The molecule has 4 heteroatoms. The first-order valence-electron chi connectivity index (χ1n) is 3.13. The second-order valence-corrected chi connectivity index (χ2v) is 2.14. The van der Waals surface area contributed by atoms with E-state index in [4.69, 9.17) is 17.3 Å². The molecule has 11 heavy (non-hydrogen) atoms. The maximum absolute atomic E-state index is 5.50. The van der Waals surface area contributed by atoms with Crippen LogP contribution in [0, 0.1) is 0 Å². The van der Waals surface area contributed by atoms with Crippen LogP contribution in [0.5, 0.6) is 0 Å². The fraction of sp³-hybridized carbons (Fsp3) is 0. The van der Waals surface area contributed by atoms with Gasteiger partial charge in [0, 0.05) is 11.3 Å². The Morgan fingerprint density at radius 2 is 2.09 bits per heavy atom. The number of hydrogen-bond donors (Lipinski definition) is 3. The molecular formula is C7H10N4. The molecule has 1 aromatic rings. The standard InChI is InChI=1S/C7H10N4/c8-6-3-1-2-5(4-6)7(9)11-10/h1-4H,8,10H2,(H2,9,11). The summed E-state index contributed by atoms with van der Waals surface area (Å²) in [6, 6.07) is 7.07. The van der Waals surface area contributed by atoms with Gasteiger partial charge in [-0.3, -0.25) is 0 Å². The molecule has 0 radical (unpaired) electrons. The first kappa shape index (κ1) is 7.40. The third-order valence-corrected chi connectivity index (χ3v) is 1.32. The summed E-state index contributed by atoms with van der Waals surface area (Å²) in [5.74, 6) is 5.27. The highest BCUT2D eigenvalue weighted by molar-refractivity contribution is 5.97. The molecule has 1 rings (SSSR count). The van der Waals surface area contributed by atoms with Gasteiger partial charge in [0.1, 0.15) is 5.84 Å². The van der Waals surface area contributed by atoms with Crippen LogP contribution in [-0.4, -0.2) is 5.84 Å². The lowest BCUT2D eigenvalue weighted by molar-refractivity contribution is 1.23. The summed E-state index contributed by atoms with van der Waals surface area (Å²) >= 11 is 0. The van der Waals surface area contributed by atoms with Crippen molar-refractivity contribution in [3.8, 4) is 0 Å². The molecule has 1 aromatic carbocycles. The first-order chi connectivity index (χ1) is 5.24. The van der Waals surface area contributed by atoms with Crippen molar-refractivity contribution in [2.75, 3.05) is 5.73 Å². The van der Waals surface area contributed by atoms with Crippen LogP contribution in [0.25, 0.3) is 0 Å². The largest absolute Gasteiger partial charge is 0.399 e. The van der Waals surface area contributed by atoms with E-state index in [-0.39, 0.29) is 5.84 Å². The topological polar surface area (TPSA) is 90.4 Å². The molecular weight excluding hydrogens is 140 g/mol. The van der Waals surface area contributed by atoms with Crippen LogP contribution in [0.15, 0.2) is 29.4 Å². The van der Waals surface area contributed by atoms with E-state index in [1.807, 2.05) is 0 Å². The monoisotopic (exact) mass is 150 g/mol. The zero-order valence-electron chi connectivity index (χ0n) is 5.99. The van der Waals surface area contributed by atoms with Crippen molar-refractivity contribution >= 4 is 11.5 Å². The summed E-state index contributed by atoms with van der Waals surface area (Å²) in [5.41, 5.74) is 12.3. The van der Waals surface area contributed by atoms with Gasteiger partial charge in [-0.25, -0.2) is 0 Å². The summed E-state index contributed by atoms with van der Waals surface area (Å²) < 4.78 is 0. The van der Waals surface area contributed by atoms with Crippen LogP contribution in [0.4, 0.5) is 5.69 Å². The highest BCUT2D eigenvalue weighted by Gasteiger charge is 1.95. The van der Waals surface area contributed by atoms with E-state index in [0.717, 1.165) is 5.56 Å². The summed E-state index contributed by atoms with van der Waals surface area (Å²) in [5, 5.41) is 3.34. The first-order valence-corrected chi connectivity index (χ1v) is 3.13. The lowest BCUT2D eigenvalue weighted by atomic mass is 10.2. The highest BCUT2D eigenvalue weighted by Crippen LogP contribution is 2.05. The van der Waals surface area contributed by atoms with Gasteiger partial charge >= 0.3 is 0 Å². The molecule has 0 aliphatic heterocycles. The third-order valence-electron chi connectivity index (χ3n) is 1.32. The minimum Gasteiger partial charge on any atom is -0.399 e. The van der Waals surface area contributed by atoms with Gasteiger partial charge in [-0.1, -0.05) is 12.1 Å². The maximum Gasteiger partial charge on any atom is 0.150 e. The van der Waals surface area contributed by atoms with Crippen LogP contribution in [0.2, 0.25) is 0 Å². The molecule has 0 fully saturated rings. The van der Waals surface area contributed by atoms with Crippen molar-refractivity contribution in [3.63, 3.8) is 0 Å². The van der Waals surface area contributed by atoms with Crippen LogP contribution >= 0.6 is 0 Å². The number of benzene rings is 1. The van der Waals surface area contributed by atoms with Crippen LogP contribution in [0.3, 0.4) is 0 Å². The van der Waals surface area contributed by atoms with E-state index >= 15 is 0 Å². The Morgan fingerprint density at radius 1 is 1.36 bits per heavy atom. The molecule has 0 bridgehead atoms. The molecule has 0 unspecified atom stereocenters. The van der Waals surface area contributed by atoms with E-state index in [0.29, 0.717) is 5.69 Å². The van der Waals surface area contributed by atoms with Crippen molar-refractivity contribution in [1.29, 1.82) is 0 Å². The van der Waals surface area contributed by atoms with E-state index in [2.05, 4.69) is 5.10 Å². The lowest BCUT2D eigenvalue weighted by Gasteiger charge is -1.98. The molecule has 0 aliphatic carbocycles. The number of hydrogen-bond acceptors (Lipinski definition) is 3. The molecule has 0 saturated heterocycles. The molecule has 58 valence electrons. The van der Waals surface area contributed by atoms with Crippen molar-refractivity contribution in [1.82, 2.24) is 0 Å². The smallest absolute Gasteiger partial charge is 0.150 e. The Morgan fingerprint density at radius 3 is 2.64 bits per heavy atom. The second-order valence-electron chi connectivity index (χ2n) is 2.14. The second kappa shape index (κ2) is 2.92. The van der Waals surface area contributed by atoms with E-state index in [9.17, 15) is 0 Å².